The molecule has 0 amide bonds. The van der Waals surface area contributed by atoms with Gasteiger partial charge in [-0.2, -0.15) is 0 Å². The molecule has 1 atom stereocenters. The number of carboxylic acid groups (broad SMARTS) is 1. The van der Waals surface area contributed by atoms with Gasteiger partial charge < -0.3 is 9.84 Å². The molecule has 0 aromatic carbocycles. The van der Waals surface area contributed by atoms with Gasteiger partial charge in [0.05, 0.1) is 18.4 Å². The first-order chi connectivity index (χ1) is 9.47. The monoisotopic (exact) mass is 306 g/mol. The number of ether oxygens (including phenoxy) is 1. The molecular formula is C12H22N2O5S. The van der Waals surface area contributed by atoms with Crippen molar-refractivity contribution in [1.29, 1.82) is 0 Å². The van der Waals surface area contributed by atoms with E-state index in [9.17, 15) is 13.2 Å². The number of carboxylic acids is 1. The van der Waals surface area contributed by atoms with Crippen molar-refractivity contribution in [3.63, 3.8) is 0 Å². The van der Waals surface area contributed by atoms with Gasteiger partial charge in [0.2, 0.25) is 10.0 Å². The Morgan fingerprint density at radius 1 is 1.20 bits per heavy atom. The van der Waals surface area contributed by atoms with Crippen molar-refractivity contribution in [3.05, 3.63) is 0 Å². The summed E-state index contributed by atoms with van der Waals surface area (Å²) in [7, 11) is -3.31. The molecular weight excluding hydrogens is 284 g/mol. The van der Waals surface area contributed by atoms with Crippen LogP contribution < -0.4 is 0 Å². The highest BCUT2D eigenvalue weighted by atomic mass is 32.2. The third kappa shape index (κ3) is 4.41. The molecule has 2 aliphatic heterocycles. The lowest BCUT2D eigenvalue weighted by molar-refractivity contribution is -0.138. The molecule has 0 aliphatic carbocycles. The lowest BCUT2D eigenvalue weighted by Gasteiger charge is -2.22. The number of rotatable bonds is 5. The van der Waals surface area contributed by atoms with Crippen LogP contribution in [0, 0.1) is 0 Å². The maximum atomic E-state index is 12.3. The summed E-state index contributed by atoms with van der Waals surface area (Å²) >= 11 is 0. The summed E-state index contributed by atoms with van der Waals surface area (Å²) < 4.78 is 31.5. The van der Waals surface area contributed by atoms with Gasteiger partial charge >= 0.3 is 5.97 Å². The summed E-state index contributed by atoms with van der Waals surface area (Å²) in [6.07, 6.45) is 2.21. The molecule has 0 aromatic heterocycles. The molecule has 0 saturated carbocycles. The molecule has 2 saturated heterocycles. The van der Waals surface area contributed by atoms with Crippen LogP contribution in [0.5, 0.6) is 0 Å². The topological polar surface area (TPSA) is 87.2 Å². The van der Waals surface area contributed by atoms with E-state index in [0.717, 1.165) is 12.8 Å². The van der Waals surface area contributed by atoms with Crippen molar-refractivity contribution in [2.24, 2.45) is 0 Å². The van der Waals surface area contributed by atoms with Gasteiger partial charge in [0.25, 0.3) is 0 Å². The average molecular weight is 306 g/mol. The normalized spacial score (nSPS) is 26.5. The summed E-state index contributed by atoms with van der Waals surface area (Å²) in [6.45, 7) is 2.54. The fourth-order valence-corrected chi connectivity index (χ4v) is 4.40. The molecule has 0 radical (unpaired) electrons. The minimum absolute atomic E-state index is 0.0282. The summed E-state index contributed by atoms with van der Waals surface area (Å²) in [4.78, 5) is 12.5. The molecule has 8 heteroatoms. The second-order valence-electron chi connectivity index (χ2n) is 5.34. The zero-order valence-electron chi connectivity index (χ0n) is 11.5. The van der Waals surface area contributed by atoms with Crippen molar-refractivity contribution >= 4 is 16.0 Å². The SMILES string of the molecule is O=C(O)CN1CCCN(S(=O)(=O)CC2CCCO2)CC1. The molecule has 7 nitrogen and oxygen atoms in total. The summed E-state index contributed by atoms with van der Waals surface area (Å²) in [5.74, 6) is -0.827. The van der Waals surface area contributed by atoms with E-state index in [0.29, 0.717) is 39.2 Å². The summed E-state index contributed by atoms with van der Waals surface area (Å²) in [5, 5.41) is 8.78. The Bertz CT molecular complexity index is 433. The van der Waals surface area contributed by atoms with Crippen LogP contribution in [0.3, 0.4) is 0 Å². The second-order valence-corrected chi connectivity index (χ2v) is 7.35. The minimum Gasteiger partial charge on any atom is -0.480 e. The second kappa shape index (κ2) is 6.84. The number of aliphatic carboxylic acids is 1. The van der Waals surface area contributed by atoms with Crippen molar-refractivity contribution < 1.29 is 23.1 Å². The van der Waals surface area contributed by atoms with E-state index >= 15 is 0 Å². The Kier molecular flexibility index (Phi) is 5.36. The number of carbonyl (C=O) groups is 1. The van der Waals surface area contributed by atoms with Crippen LogP contribution in [0.1, 0.15) is 19.3 Å². The van der Waals surface area contributed by atoms with Crippen molar-refractivity contribution in [2.75, 3.05) is 45.1 Å². The van der Waals surface area contributed by atoms with Gasteiger partial charge in [-0.1, -0.05) is 0 Å². The molecule has 1 unspecified atom stereocenters. The molecule has 2 fully saturated rings. The predicted molar refractivity (Wildman–Crippen MR) is 73.0 cm³/mol. The number of hydrogen-bond acceptors (Lipinski definition) is 5. The number of nitrogens with zero attached hydrogens (tertiary/aromatic N) is 2. The molecule has 0 aromatic rings. The smallest absolute Gasteiger partial charge is 0.317 e. The van der Waals surface area contributed by atoms with E-state index < -0.39 is 16.0 Å². The molecule has 116 valence electrons. The maximum Gasteiger partial charge on any atom is 0.317 e. The quantitative estimate of drug-likeness (QED) is 0.743. The Hall–Kier alpha value is -0.700. The van der Waals surface area contributed by atoms with Gasteiger partial charge in [0.1, 0.15) is 0 Å². The van der Waals surface area contributed by atoms with Gasteiger partial charge in [0, 0.05) is 32.8 Å². The molecule has 1 N–H and O–H groups in total. The fraction of sp³-hybridized carbons (Fsp3) is 0.917. The predicted octanol–water partition coefficient (Wildman–Crippen LogP) is -0.412. The average Bonchev–Trinajstić information content (AvgIpc) is 2.72. The first-order valence-corrected chi connectivity index (χ1v) is 8.62. The Morgan fingerprint density at radius 2 is 2.00 bits per heavy atom. The van der Waals surface area contributed by atoms with Gasteiger partial charge in [0.15, 0.2) is 0 Å². The van der Waals surface area contributed by atoms with Crippen molar-refractivity contribution in [3.8, 4) is 0 Å². The Balaban J connectivity index is 1.89. The highest BCUT2D eigenvalue weighted by Crippen LogP contribution is 2.17. The summed E-state index contributed by atoms with van der Waals surface area (Å²) in [5.41, 5.74) is 0. The lowest BCUT2D eigenvalue weighted by atomic mass is 10.3. The van der Waals surface area contributed by atoms with E-state index in [-0.39, 0.29) is 18.4 Å². The van der Waals surface area contributed by atoms with Crippen molar-refractivity contribution in [1.82, 2.24) is 9.21 Å². The standard InChI is InChI=1S/C12H22N2O5S/c15-12(16)9-13-4-2-5-14(7-6-13)20(17,18)10-11-3-1-8-19-11/h11H,1-10H2,(H,15,16). The Labute approximate surface area is 119 Å². The van der Waals surface area contributed by atoms with Crippen LogP contribution in [0.25, 0.3) is 0 Å². The number of sulfonamides is 1. The first kappa shape index (κ1) is 15.7. The maximum absolute atomic E-state index is 12.3. The van der Waals surface area contributed by atoms with Crippen LogP contribution in [0.2, 0.25) is 0 Å². The van der Waals surface area contributed by atoms with Crippen LogP contribution >= 0.6 is 0 Å². The third-order valence-corrected chi connectivity index (χ3v) is 5.67. The van der Waals surface area contributed by atoms with Gasteiger partial charge in [-0.05, 0) is 19.3 Å². The van der Waals surface area contributed by atoms with E-state index in [1.165, 1.54) is 4.31 Å². The highest BCUT2D eigenvalue weighted by Gasteiger charge is 2.30. The van der Waals surface area contributed by atoms with E-state index in [1.54, 1.807) is 4.90 Å². The molecule has 2 aliphatic rings. The molecule has 0 spiro atoms. The molecule has 2 heterocycles. The van der Waals surface area contributed by atoms with Crippen LogP contribution in [-0.2, 0) is 19.6 Å². The zero-order valence-corrected chi connectivity index (χ0v) is 12.3. The number of hydrogen-bond donors (Lipinski definition) is 1. The summed E-state index contributed by atoms with van der Waals surface area (Å²) in [6, 6.07) is 0. The zero-order chi connectivity index (χ0) is 14.6. The van der Waals surface area contributed by atoms with Crippen molar-refractivity contribution in [2.45, 2.75) is 25.4 Å². The van der Waals surface area contributed by atoms with E-state index in [2.05, 4.69) is 0 Å². The molecule has 20 heavy (non-hydrogen) atoms. The minimum atomic E-state index is -3.31. The van der Waals surface area contributed by atoms with Gasteiger partial charge in [-0.25, -0.2) is 12.7 Å². The lowest BCUT2D eigenvalue weighted by Crippen LogP contribution is -2.39. The fourth-order valence-electron chi connectivity index (χ4n) is 2.69. The third-order valence-electron chi connectivity index (χ3n) is 3.72. The van der Waals surface area contributed by atoms with Gasteiger partial charge in [-0.15, -0.1) is 0 Å². The largest absolute Gasteiger partial charge is 0.480 e. The van der Waals surface area contributed by atoms with E-state index in [4.69, 9.17) is 9.84 Å². The van der Waals surface area contributed by atoms with Gasteiger partial charge in [-0.3, -0.25) is 9.69 Å². The highest BCUT2D eigenvalue weighted by molar-refractivity contribution is 7.89. The molecule has 0 bridgehead atoms. The Morgan fingerprint density at radius 3 is 2.65 bits per heavy atom. The molecule has 2 rings (SSSR count). The van der Waals surface area contributed by atoms with Crippen LogP contribution in [0.4, 0.5) is 0 Å². The van der Waals surface area contributed by atoms with Crippen LogP contribution in [0.15, 0.2) is 0 Å². The van der Waals surface area contributed by atoms with Crippen LogP contribution in [-0.4, -0.2) is 79.9 Å². The first-order valence-electron chi connectivity index (χ1n) is 7.01. The van der Waals surface area contributed by atoms with E-state index in [1.807, 2.05) is 0 Å².